The minimum atomic E-state index is 0.206. The van der Waals surface area contributed by atoms with Gasteiger partial charge in [0.1, 0.15) is 42.0 Å². The predicted octanol–water partition coefficient (Wildman–Crippen LogP) is 5.80. The van der Waals surface area contributed by atoms with Crippen molar-refractivity contribution in [1.82, 2.24) is 0 Å². The topological polar surface area (TPSA) is 73.9 Å². The van der Waals surface area contributed by atoms with E-state index in [9.17, 15) is 5.11 Å². The highest BCUT2D eigenvalue weighted by Gasteiger charge is 2.02. The van der Waals surface area contributed by atoms with E-state index in [2.05, 4.69) is 6.07 Å². The summed E-state index contributed by atoms with van der Waals surface area (Å²) in [6.07, 6.45) is 0. The van der Waals surface area contributed by atoms with Gasteiger partial charge in [-0.3, -0.25) is 0 Å². The van der Waals surface area contributed by atoms with E-state index in [1.54, 1.807) is 24.3 Å². The SMILES string of the molecule is NCc1ccc(OCc2cccc(COc3ccc(Oc4ccc(O)cc4)cc3)c2)cc1. The monoisotopic (exact) mass is 427 g/mol. The van der Waals surface area contributed by atoms with Gasteiger partial charge in [0.05, 0.1) is 0 Å². The molecule has 0 fully saturated rings. The van der Waals surface area contributed by atoms with Crippen LogP contribution in [-0.2, 0) is 19.8 Å². The van der Waals surface area contributed by atoms with Crippen molar-refractivity contribution in [3.63, 3.8) is 0 Å². The van der Waals surface area contributed by atoms with Crippen molar-refractivity contribution < 1.29 is 19.3 Å². The Morgan fingerprint density at radius 3 is 1.56 bits per heavy atom. The number of rotatable bonds is 9. The Morgan fingerprint density at radius 1 is 0.562 bits per heavy atom. The second-order valence-corrected chi connectivity index (χ2v) is 7.31. The number of hydrogen-bond acceptors (Lipinski definition) is 5. The fourth-order valence-electron chi connectivity index (χ4n) is 3.12. The highest BCUT2D eigenvalue weighted by Crippen LogP contribution is 2.25. The van der Waals surface area contributed by atoms with Crippen molar-refractivity contribution in [1.29, 1.82) is 0 Å². The number of phenols is 1. The standard InChI is InChI=1S/C27H25NO4/c28-17-20-4-8-24(9-5-20)30-18-21-2-1-3-22(16-21)19-31-25-12-14-27(15-13-25)32-26-10-6-23(29)7-11-26/h1-16,29H,17-19,28H2. The van der Waals surface area contributed by atoms with Gasteiger partial charge in [0, 0.05) is 6.54 Å². The summed E-state index contributed by atoms with van der Waals surface area (Å²) in [6.45, 7) is 1.47. The average Bonchev–Trinajstić information content (AvgIpc) is 2.84. The van der Waals surface area contributed by atoms with Crippen molar-refractivity contribution >= 4 is 0 Å². The average molecular weight is 428 g/mol. The number of hydrogen-bond donors (Lipinski definition) is 2. The van der Waals surface area contributed by atoms with Gasteiger partial charge in [-0.1, -0.05) is 30.3 Å². The van der Waals surface area contributed by atoms with Gasteiger partial charge in [-0.05, 0) is 83.4 Å². The summed E-state index contributed by atoms with van der Waals surface area (Å²) in [5.74, 6) is 3.13. The number of benzene rings is 4. The van der Waals surface area contributed by atoms with Gasteiger partial charge in [0.2, 0.25) is 0 Å². The zero-order valence-electron chi connectivity index (χ0n) is 17.6. The first kappa shape index (κ1) is 21.3. The molecule has 0 spiro atoms. The molecule has 4 aromatic carbocycles. The van der Waals surface area contributed by atoms with Crippen LogP contribution in [0.2, 0.25) is 0 Å². The Balaban J connectivity index is 1.29. The summed E-state index contributed by atoms with van der Waals surface area (Å²) in [5.41, 5.74) is 8.85. The van der Waals surface area contributed by atoms with E-state index in [-0.39, 0.29) is 5.75 Å². The van der Waals surface area contributed by atoms with E-state index in [0.29, 0.717) is 31.3 Å². The molecular formula is C27H25NO4. The van der Waals surface area contributed by atoms with Gasteiger partial charge < -0.3 is 25.1 Å². The Labute approximate surface area is 187 Å². The molecule has 0 radical (unpaired) electrons. The molecule has 0 aromatic heterocycles. The maximum Gasteiger partial charge on any atom is 0.127 e. The summed E-state index contributed by atoms with van der Waals surface area (Å²) < 4.78 is 17.5. The Bertz CT molecular complexity index is 1120. The van der Waals surface area contributed by atoms with Crippen molar-refractivity contribution in [2.45, 2.75) is 19.8 Å². The summed E-state index contributed by atoms with van der Waals surface area (Å²) in [6, 6.07) is 30.0. The fourth-order valence-corrected chi connectivity index (χ4v) is 3.12. The van der Waals surface area contributed by atoms with Crippen LogP contribution in [0.4, 0.5) is 0 Å². The lowest BCUT2D eigenvalue weighted by atomic mass is 10.1. The summed E-state index contributed by atoms with van der Waals surface area (Å²) in [7, 11) is 0. The largest absolute Gasteiger partial charge is 0.508 e. The van der Waals surface area contributed by atoms with Crippen LogP contribution < -0.4 is 19.9 Å². The van der Waals surface area contributed by atoms with Gasteiger partial charge in [0.15, 0.2) is 0 Å². The quantitative estimate of drug-likeness (QED) is 0.353. The molecule has 3 N–H and O–H groups in total. The molecule has 5 heteroatoms. The van der Waals surface area contributed by atoms with Crippen LogP contribution in [0.25, 0.3) is 0 Å². The second-order valence-electron chi connectivity index (χ2n) is 7.31. The van der Waals surface area contributed by atoms with Crippen LogP contribution >= 0.6 is 0 Å². The normalized spacial score (nSPS) is 10.5. The Hall–Kier alpha value is -3.96. The first-order valence-electron chi connectivity index (χ1n) is 10.4. The molecule has 0 saturated heterocycles. The molecule has 0 heterocycles. The van der Waals surface area contributed by atoms with Crippen molar-refractivity contribution in [3.8, 4) is 28.7 Å². The van der Waals surface area contributed by atoms with E-state index in [1.807, 2.05) is 66.7 Å². The van der Waals surface area contributed by atoms with Gasteiger partial charge in [0.25, 0.3) is 0 Å². The third-order valence-electron chi connectivity index (χ3n) is 4.86. The lowest BCUT2D eigenvalue weighted by Gasteiger charge is -2.10. The maximum absolute atomic E-state index is 9.35. The number of ether oxygens (including phenoxy) is 3. The minimum absolute atomic E-state index is 0.206. The van der Waals surface area contributed by atoms with Crippen molar-refractivity contribution in [3.05, 3.63) is 114 Å². The van der Waals surface area contributed by atoms with E-state index < -0.39 is 0 Å². The first-order chi connectivity index (χ1) is 15.7. The van der Waals surface area contributed by atoms with Crippen LogP contribution in [-0.4, -0.2) is 5.11 Å². The second kappa shape index (κ2) is 10.4. The molecule has 0 atom stereocenters. The third kappa shape index (κ3) is 6.03. The number of phenolic OH excluding ortho intramolecular Hbond substituents is 1. The number of nitrogens with two attached hydrogens (primary N) is 1. The lowest BCUT2D eigenvalue weighted by Crippen LogP contribution is -2.00. The molecule has 5 nitrogen and oxygen atoms in total. The predicted molar refractivity (Wildman–Crippen MR) is 124 cm³/mol. The van der Waals surface area contributed by atoms with Gasteiger partial charge in [-0.25, -0.2) is 0 Å². The molecule has 4 aromatic rings. The van der Waals surface area contributed by atoms with Crippen LogP contribution in [0.1, 0.15) is 16.7 Å². The van der Waals surface area contributed by atoms with Crippen LogP contribution in [0, 0.1) is 0 Å². The van der Waals surface area contributed by atoms with E-state index in [4.69, 9.17) is 19.9 Å². The molecular weight excluding hydrogens is 402 g/mol. The molecule has 4 rings (SSSR count). The molecule has 162 valence electrons. The summed E-state index contributed by atoms with van der Waals surface area (Å²) in [5, 5.41) is 9.35. The van der Waals surface area contributed by atoms with Crippen LogP contribution in [0.15, 0.2) is 97.1 Å². The lowest BCUT2D eigenvalue weighted by molar-refractivity contribution is 0.299. The molecule has 0 aliphatic heterocycles. The molecule has 0 aliphatic rings. The molecule has 0 unspecified atom stereocenters. The fraction of sp³-hybridized carbons (Fsp3) is 0.111. The molecule has 0 amide bonds. The smallest absolute Gasteiger partial charge is 0.127 e. The van der Waals surface area contributed by atoms with Crippen molar-refractivity contribution in [2.24, 2.45) is 5.73 Å². The Kier molecular flexibility index (Phi) is 6.90. The van der Waals surface area contributed by atoms with E-state index in [0.717, 1.165) is 28.2 Å². The zero-order valence-corrected chi connectivity index (χ0v) is 17.6. The third-order valence-corrected chi connectivity index (χ3v) is 4.86. The molecule has 32 heavy (non-hydrogen) atoms. The van der Waals surface area contributed by atoms with Crippen LogP contribution in [0.5, 0.6) is 28.7 Å². The maximum atomic E-state index is 9.35. The van der Waals surface area contributed by atoms with E-state index >= 15 is 0 Å². The van der Waals surface area contributed by atoms with Gasteiger partial charge in [-0.2, -0.15) is 0 Å². The Morgan fingerprint density at radius 2 is 1.03 bits per heavy atom. The van der Waals surface area contributed by atoms with Crippen molar-refractivity contribution in [2.75, 3.05) is 0 Å². The highest BCUT2D eigenvalue weighted by molar-refractivity contribution is 5.37. The van der Waals surface area contributed by atoms with Gasteiger partial charge >= 0.3 is 0 Å². The molecule has 0 aliphatic carbocycles. The highest BCUT2D eigenvalue weighted by atomic mass is 16.5. The molecule has 0 bridgehead atoms. The van der Waals surface area contributed by atoms with Gasteiger partial charge in [-0.15, -0.1) is 0 Å². The van der Waals surface area contributed by atoms with Crippen LogP contribution in [0.3, 0.4) is 0 Å². The molecule has 0 saturated carbocycles. The zero-order chi connectivity index (χ0) is 22.2. The first-order valence-corrected chi connectivity index (χ1v) is 10.4. The number of aromatic hydroxyl groups is 1. The summed E-state index contributed by atoms with van der Waals surface area (Å²) in [4.78, 5) is 0. The van der Waals surface area contributed by atoms with E-state index in [1.165, 1.54) is 0 Å². The summed E-state index contributed by atoms with van der Waals surface area (Å²) >= 11 is 0. The minimum Gasteiger partial charge on any atom is -0.508 e.